The second-order valence-corrected chi connectivity index (χ2v) is 2.18. The summed E-state index contributed by atoms with van der Waals surface area (Å²) in [5.41, 5.74) is 0. The maximum Gasteiger partial charge on any atom is 0.0568 e. The Balaban J connectivity index is 2.06. The van der Waals surface area contributed by atoms with Crippen LogP contribution in [0.1, 0.15) is 12.8 Å². The van der Waals surface area contributed by atoms with Crippen molar-refractivity contribution >= 4 is 12.8 Å². The van der Waals surface area contributed by atoms with E-state index in [0.29, 0.717) is 6.04 Å². The number of aliphatic hydroxyl groups is 1. The molecule has 2 N–H and O–H groups in total. The first kappa shape index (κ1) is 5.41. The number of hydrogen-bond donors (Lipinski definition) is 2. The first-order chi connectivity index (χ1) is 3.33. The fourth-order valence-electron chi connectivity index (χ4n) is 0.684. The molecule has 1 saturated carbocycles. The van der Waals surface area contributed by atoms with Gasteiger partial charge in [0, 0.05) is 0 Å². The summed E-state index contributed by atoms with van der Waals surface area (Å²) in [6, 6.07) is 0.407. The minimum Gasteiger partial charge on any atom is -0.705 e. The maximum atomic E-state index is 8.66. The van der Waals surface area contributed by atoms with Crippen LogP contribution in [0.25, 0.3) is 0 Å². The molecule has 0 amide bonds. The molecule has 0 atom stereocenters. The second kappa shape index (κ2) is 2.03. The van der Waals surface area contributed by atoms with Crippen LogP contribution >= 0.6 is 0 Å². The van der Waals surface area contributed by atoms with Crippen molar-refractivity contribution in [2.24, 2.45) is 0 Å². The zero-order valence-corrected chi connectivity index (χ0v) is 4.74. The Morgan fingerprint density at radius 2 is 2.14 bits per heavy atom. The molecule has 42 valence electrons. The van der Waals surface area contributed by atoms with Gasteiger partial charge in [0.1, 0.15) is 0 Å². The van der Waals surface area contributed by atoms with E-state index >= 15 is 0 Å². The summed E-state index contributed by atoms with van der Waals surface area (Å²) in [4.78, 5) is 0. The van der Waals surface area contributed by atoms with Crippen molar-refractivity contribution in [3.8, 4) is 0 Å². The number of nitrogens with one attached hydrogen (secondary N) is 1. The average Bonchev–Trinajstić information content (AvgIpc) is 1.58. The highest BCUT2D eigenvalue weighted by Gasteiger charge is 2.22. The van der Waals surface area contributed by atoms with E-state index in [2.05, 4.69) is 17.5 Å². The zero-order valence-electron chi connectivity index (χ0n) is 3.92. The quantitative estimate of drug-likeness (QED) is 0.458. The Morgan fingerprint density at radius 1 is 1.57 bits per heavy atom. The standard InChI is InChI=1S/C4H8NOS/c6-4-1-3(2-4)5-7/h3-6H,1-2H2/q-1. The first-order valence-corrected chi connectivity index (χ1v) is 2.79. The predicted molar refractivity (Wildman–Crippen MR) is 29.5 cm³/mol. The highest BCUT2D eigenvalue weighted by atomic mass is 32.1. The van der Waals surface area contributed by atoms with Crippen molar-refractivity contribution in [3.63, 3.8) is 0 Å². The highest BCUT2D eigenvalue weighted by Crippen LogP contribution is 2.18. The normalized spacial score (nSPS) is 40.3. The Kier molecular flexibility index (Phi) is 1.57. The predicted octanol–water partition coefficient (Wildman–Crippen LogP) is -0.439. The third-order valence-corrected chi connectivity index (χ3v) is 1.61. The van der Waals surface area contributed by atoms with Crippen molar-refractivity contribution in [3.05, 3.63) is 0 Å². The SMILES string of the molecule is OC1CC(N[S-])C1. The lowest BCUT2D eigenvalue weighted by molar-refractivity contribution is 0.0723. The van der Waals surface area contributed by atoms with Crippen molar-refractivity contribution in [1.82, 2.24) is 4.72 Å². The molecule has 0 bridgehead atoms. The van der Waals surface area contributed by atoms with Gasteiger partial charge in [0.25, 0.3) is 0 Å². The summed E-state index contributed by atoms with van der Waals surface area (Å²) in [7, 11) is 0. The van der Waals surface area contributed by atoms with Crippen LogP contribution in [0.15, 0.2) is 0 Å². The van der Waals surface area contributed by atoms with Crippen LogP contribution in [0, 0.1) is 0 Å². The fourth-order valence-corrected chi connectivity index (χ4v) is 0.876. The summed E-state index contributed by atoms with van der Waals surface area (Å²) < 4.78 is 2.66. The van der Waals surface area contributed by atoms with Gasteiger partial charge < -0.3 is 22.6 Å². The van der Waals surface area contributed by atoms with Gasteiger partial charge >= 0.3 is 0 Å². The van der Waals surface area contributed by atoms with Gasteiger partial charge in [-0.1, -0.05) is 0 Å². The maximum absolute atomic E-state index is 8.66. The lowest BCUT2D eigenvalue weighted by Gasteiger charge is -2.35. The summed E-state index contributed by atoms with van der Waals surface area (Å²) in [5.74, 6) is 0. The molecule has 0 saturated heterocycles. The van der Waals surface area contributed by atoms with E-state index in [4.69, 9.17) is 5.11 Å². The van der Waals surface area contributed by atoms with Gasteiger partial charge in [-0.2, -0.15) is 0 Å². The average molecular weight is 118 g/mol. The zero-order chi connectivity index (χ0) is 5.28. The molecule has 1 aliphatic carbocycles. The molecule has 7 heavy (non-hydrogen) atoms. The summed E-state index contributed by atoms with van der Waals surface area (Å²) in [6.07, 6.45) is 1.59. The molecule has 0 aromatic carbocycles. The molecular formula is C4H8NOS-. The molecule has 0 heterocycles. The number of hydrogen-bond acceptors (Lipinski definition) is 3. The highest BCUT2D eigenvalue weighted by molar-refractivity contribution is 7.56. The van der Waals surface area contributed by atoms with Crippen LogP contribution in [0.3, 0.4) is 0 Å². The summed E-state index contributed by atoms with van der Waals surface area (Å²) >= 11 is 4.52. The molecule has 0 aromatic heterocycles. The molecule has 1 rings (SSSR count). The summed E-state index contributed by atoms with van der Waals surface area (Å²) in [5, 5.41) is 8.66. The number of rotatable bonds is 1. The van der Waals surface area contributed by atoms with Crippen molar-refractivity contribution in [1.29, 1.82) is 0 Å². The molecule has 1 fully saturated rings. The van der Waals surface area contributed by atoms with Crippen LogP contribution in [-0.4, -0.2) is 17.3 Å². The lowest BCUT2D eigenvalue weighted by atomic mass is 9.91. The van der Waals surface area contributed by atoms with Crippen LogP contribution in [0.5, 0.6) is 0 Å². The van der Waals surface area contributed by atoms with Crippen LogP contribution < -0.4 is 4.72 Å². The molecule has 0 spiro atoms. The van der Waals surface area contributed by atoms with Gasteiger partial charge in [-0.25, -0.2) is 0 Å². The van der Waals surface area contributed by atoms with Gasteiger partial charge in [0.15, 0.2) is 0 Å². The third kappa shape index (κ3) is 1.08. The Hall–Kier alpha value is 0.270. The van der Waals surface area contributed by atoms with Gasteiger partial charge in [-0.05, 0) is 18.9 Å². The van der Waals surface area contributed by atoms with Crippen molar-refractivity contribution < 1.29 is 5.11 Å². The molecule has 0 aliphatic heterocycles. The van der Waals surface area contributed by atoms with E-state index in [-0.39, 0.29) is 6.10 Å². The molecule has 0 unspecified atom stereocenters. The Labute approximate surface area is 48.5 Å². The molecule has 2 nitrogen and oxygen atoms in total. The van der Waals surface area contributed by atoms with E-state index in [9.17, 15) is 0 Å². The first-order valence-electron chi connectivity index (χ1n) is 2.38. The van der Waals surface area contributed by atoms with Gasteiger partial charge in [0.2, 0.25) is 0 Å². The fraction of sp³-hybridized carbons (Fsp3) is 1.00. The van der Waals surface area contributed by atoms with Crippen LogP contribution in [-0.2, 0) is 12.8 Å². The number of aliphatic hydroxyl groups excluding tert-OH is 1. The van der Waals surface area contributed by atoms with Crippen molar-refractivity contribution in [2.75, 3.05) is 0 Å². The molecular weight excluding hydrogens is 110 g/mol. The summed E-state index contributed by atoms with van der Waals surface area (Å²) in [6.45, 7) is 0. The van der Waals surface area contributed by atoms with E-state index in [1.807, 2.05) is 0 Å². The van der Waals surface area contributed by atoms with E-state index in [0.717, 1.165) is 12.8 Å². The minimum atomic E-state index is -0.0829. The largest absolute Gasteiger partial charge is 0.705 e. The smallest absolute Gasteiger partial charge is 0.0568 e. The van der Waals surface area contributed by atoms with Gasteiger partial charge in [0.05, 0.1) is 6.10 Å². The minimum absolute atomic E-state index is 0.0829. The van der Waals surface area contributed by atoms with E-state index in [1.54, 1.807) is 0 Å². The van der Waals surface area contributed by atoms with Crippen LogP contribution in [0.4, 0.5) is 0 Å². The topological polar surface area (TPSA) is 32.3 Å². The Bertz CT molecular complexity index is 62.7. The van der Waals surface area contributed by atoms with Crippen molar-refractivity contribution in [2.45, 2.75) is 25.0 Å². The molecule has 3 heteroatoms. The molecule has 0 radical (unpaired) electrons. The molecule has 1 aliphatic rings. The monoisotopic (exact) mass is 118 g/mol. The second-order valence-electron chi connectivity index (χ2n) is 1.94. The third-order valence-electron chi connectivity index (χ3n) is 1.28. The lowest BCUT2D eigenvalue weighted by Crippen LogP contribution is -2.41. The van der Waals surface area contributed by atoms with Gasteiger partial charge in [-0.15, -0.1) is 0 Å². The van der Waals surface area contributed by atoms with E-state index < -0.39 is 0 Å². The molecule has 0 aromatic rings. The van der Waals surface area contributed by atoms with E-state index in [1.165, 1.54) is 0 Å². The van der Waals surface area contributed by atoms with Crippen LogP contribution in [0.2, 0.25) is 0 Å². The van der Waals surface area contributed by atoms with Gasteiger partial charge in [-0.3, -0.25) is 0 Å². The Morgan fingerprint density at radius 3 is 2.29 bits per heavy atom.